The molecule has 1 aliphatic rings. The fourth-order valence-electron chi connectivity index (χ4n) is 5.58. The largest absolute Gasteiger partial charge is 0.489 e. The van der Waals surface area contributed by atoms with Crippen LogP contribution in [0.4, 0.5) is 10.5 Å². The van der Waals surface area contributed by atoms with Gasteiger partial charge in [-0.25, -0.2) is 14.7 Å². The molecular formula is C40H54Cl2N5O13P. The number of ether oxygens (including phenoxy) is 4. The van der Waals surface area contributed by atoms with Gasteiger partial charge in [-0.1, -0.05) is 63.9 Å². The van der Waals surface area contributed by atoms with Gasteiger partial charge in [-0.2, -0.15) is 4.68 Å². The summed E-state index contributed by atoms with van der Waals surface area (Å²) in [7, 11) is 0.517. The molecule has 5 N–H and O–H groups in total. The molecule has 4 aromatic rings. The Bertz CT molecular complexity index is 2240. The number of hydrogen-bond acceptors (Lipinski definition) is 12. The molecule has 1 aliphatic heterocycles. The van der Waals surface area contributed by atoms with Gasteiger partial charge < -0.3 is 43.6 Å². The number of carbonyl (C=O) groups is 2. The van der Waals surface area contributed by atoms with Crippen LogP contribution in [-0.2, 0) is 29.8 Å². The first-order valence-electron chi connectivity index (χ1n) is 18.7. The Balaban J connectivity index is 0.000000273. The third-order valence-corrected chi connectivity index (χ3v) is 9.71. The average Bonchev–Trinajstić information content (AvgIpc) is 3.54. The van der Waals surface area contributed by atoms with Crippen molar-refractivity contribution in [3.63, 3.8) is 0 Å². The summed E-state index contributed by atoms with van der Waals surface area (Å²) in [5, 5.41) is 18.8. The lowest BCUT2D eigenvalue weighted by molar-refractivity contribution is -0.172. The number of aromatic nitrogens is 2. The molecule has 0 bridgehead atoms. The highest BCUT2D eigenvalue weighted by molar-refractivity contribution is 7.51. The monoisotopic (exact) mass is 913 g/mol. The highest BCUT2D eigenvalue weighted by Crippen LogP contribution is 2.46. The van der Waals surface area contributed by atoms with Crippen molar-refractivity contribution in [3.05, 3.63) is 86.6 Å². The van der Waals surface area contributed by atoms with Gasteiger partial charge in [0.15, 0.2) is 0 Å². The summed E-state index contributed by atoms with van der Waals surface area (Å²) in [6.45, 7) is 15.3. The van der Waals surface area contributed by atoms with Crippen LogP contribution >= 0.6 is 30.8 Å². The van der Waals surface area contributed by atoms with E-state index in [0.717, 1.165) is 27.5 Å². The fourth-order valence-corrected chi connectivity index (χ4v) is 6.50. The Morgan fingerprint density at radius 3 is 2.16 bits per heavy atom. The molecule has 1 aromatic heterocycles. The number of hydrogen-bond donors (Lipinski definition) is 5. The number of hydroxylamine groups is 2. The Hall–Kier alpha value is -4.65. The van der Waals surface area contributed by atoms with Crippen LogP contribution in [-0.4, -0.2) is 87.7 Å². The fraction of sp³-hybridized carbons (Fsp3) is 0.450. The molecule has 336 valence electrons. The molecule has 0 aliphatic carbocycles. The number of carboxylic acid groups (broad SMARTS) is 1. The summed E-state index contributed by atoms with van der Waals surface area (Å²) >= 11 is 12.3. The smallest absolute Gasteiger partial charge is 0.442 e. The minimum absolute atomic E-state index is 0.0642. The Kier molecular flexibility index (Phi) is 17.4. The van der Waals surface area contributed by atoms with E-state index in [4.69, 9.17) is 66.3 Å². The number of halogens is 2. The molecule has 1 atom stereocenters. The van der Waals surface area contributed by atoms with Gasteiger partial charge in [0.1, 0.15) is 23.0 Å². The van der Waals surface area contributed by atoms with Crippen LogP contribution in [0.25, 0.3) is 5.69 Å². The summed E-state index contributed by atoms with van der Waals surface area (Å²) < 4.78 is 39.7. The van der Waals surface area contributed by atoms with Crippen molar-refractivity contribution in [2.75, 3.05) is 39.4 Å². The highest BCUT2D eigenvalue weighted by Gasteiger charge is 2.42. The van der Waals surface area contributed by atoms with Gasteiger partial charge in [0.2, 0.25) is 11.7 Å². The first-order chi connectivity index (χ1) is 28.2. The van der Waals surface area contributed by atoms with Crippen molar-refractivity contribution in [1.29, 1.82) is 0 Å². The molecule has 18 nitrogen and oxygen atoms in total. The van der Waals surface area contributed by atoms with Crippen LogP contribution in [0.15, 0.2) is 63.8 Å². The van der Waals surface area contributed by atoms with Crippen molar-refractivity contribution in [3.8, 4) is 28.7 Å². The molecule has 1 unspecified atom stereocenters. The number of anilines is 1. The molecule has 2 amide bonds. The molecule has 0 saturated heterocycles. The van der Waals surface area contributed by atoms with E-state index in [1.165, 1.54) is 20.2 Å². The number of nitrogens with one attached hydrogen (secondary N) is 2. The van der Waals surface area contributed by atoms with E-state index in [-0.39, 0.29) is 28.0 Å². The Labute approximate surface area is 364 Å². The highest BCUT2D eigenvalue weighted by atomic mass is 35.5. The molecule has 3 aromatic carbocycles. The normalized spacial score (nSPS) is 15.5. The van der Waals surface area contributed by atoms with E-state index in [9.17, 15) is 18.9 Å². The van der Waals surface area contributed by atoms with Gasteiger partial charge in [0.25, 0.3) is 0 Å². The molecule has 61 heavy (non-hydrogen) atoms. The third kappa shape index (κ3) is 15.3. The van der Waals surface area contributed by atoms with Crippen LogP contribution in [0.5, 0.6) is 23.0 Å². The van der Waals surface area contributed by atoms with Crippen molar-refractivity contribution < 1.29 is 57.2 Å². The van der Waals surface area contributed by atoms with Crippen LogP contribution in [0.1, 0.15) is 73.3 Å². The topological polar surface area (TPSA) is 233 Å². The number of urea groups is 1. The Morgan fingerprint density at radius 1 is 1.02 bits per heavy atom. The average molecular weight is 915 g/mol. The van der Waals surface area contributed by atoms with E-state index in [2.05, 4.69) is 29.6 Å². The standard InChI is InChI=1S/C22H28N2O5.C15H18Cl2N2O3.C3H8NO5P/c1-21(2)14-22(3,26-5)29-19-13-17(11-12-18(19)21)28-16-9-7-15(8-10-16)23-20(25)24(4)27-6;1-8(2)21-12-7-11(9(16)6-10(12)17)19-14(20)22-13(18-19)15(3,4)5;5-3(6)1-4-2-10(7,8)9/h7-13H,14H2,1-6H3,(H,23,25);6-8H,1-5H3;4H,1-2H2,(H,5,6)(H2,7,8,9). The van der Waals surface area contributed by atoms with Gasteiger partial charge in [0, 0.05) is 56.3 Å². The third-order valence-electron chi connectivity index (χ3n) is 8.48. The van der Waals surface area contributed by atoms with Crippen LogP contribution in [0, 0.1) is 0 Å². The lowest BCUT2D eigenvalue weighted by Gasteiger charge is -2.43. The number of rotatable bonds is 12. The molecule has 0 spiro atoms. The predicted octanol–water partition coefficient (Wildman–Crippen LogP) is 7.94. The second kappa shape index (κ2) is 20.9. The van der Waals surface area contributed by atoms with E-state index >= 15 is 0 Å². The van der Waals surface area contributed by atoms with Gasteiger partial charge in [0.05, 0.1) is 41.8 Å². The van der Waals surface area contributed by atoms with Gasteiger partial charge >= 0.3 is 25.4 Å². The summed E-state index contributed by atoms with van der Waals surface area (Å²) in [6, 6.07) is 15.7. The zero-order valence-electron chi connectivity index (χ0n) is 35.9. The summed E-state index contributed by atoms with van der Waals surface area (Å²) in [5.41, 5.74) is 1.66. The van der Waals surface area contributed by atoms with E-state index in [1.807, 2.05) is 59.7 Å². The molecule has 2 heterocycles. The number of fused-ring (bicyclic) bond motifs is 1. The van der Waals surface area contributed by atoms with E-state index in [1.54, 1.807) is 37.4 Å². The summed E-state index contributed by atoms with van der Waals surface area (Å²) in [6.07, 6.45) is 0.0970. The van der Waals surface area contributed by atoms with Crippen LogP contribution < -0.4 is 30.6 Å². The summed E-state index contributed by atoms with van der Waals surface area (Å²) in [5.74, 6) is 0.402. The molecule has 0 saturated carbocycles. The quantitative estimate of drug-likeness (QED) is 0.0670. The lowest BCUT2D eigenvalue weighted by Crippen LogP contribution is -2.45. The minimum atomic E-state index is -4.10. The van der Waals surface area contributed by atoms with E-state index in [0.29, 0.717) is 39.5 Å². The number of carbonyl (C=O) groups excluding carboxylic acids is 1. The maximum atomic E-state index is 12.1. The van der Waals surface area contributed by atoms with Crippen LogP contribution in [0.3, 0.4) is 0 Å². The number of carboxylic acids is 1. The Morgan fingerprint density at radius 2 is 1.64 bits per heavy atom. The first-order valence-corrected chi connectivity index (χ1v) is 21.2. The number of benzene rings is 3. The minimum Gasteiger partial charge on any atom is -0.489 e. The van der Waals surface area contributed by atoms with Gasteiger partial charge in [-0.3, -0.25) is 19.5 Å². The number of amides is 2. The number of nitrogens with zero attached hydrogens (tertiary/aromatic N) is 3. The second-order valence-corrected chi connectivity index (χ2v) is 18.2. The van der Waals surface area contributed by atoms with Crippen molar-refractivity contribution >= 4 is 48.5 Å². The maximum absolute atomic E-state index is 12.1. The zero-order chi connectivity index (χ0) is 46.1. The number of methoxy groups -OCH3 is 1. The molecule has 0 fully saturated rings. The number of aliphatic carboxylic acids is 1. The lowest BCUT2D eigenvalue weighted by atomic mass is 9.76. The van der Waals surface area contributed by atoms with Gasteiger partial charge in [-0.15, -0.1) is 5.10 Å². The molecule has 0 radical (unpaired) electrons. The first kappa shape index (κ1) is 50.7. The molecule has 5 rings (SSSR count). The zero-order valence-corrected chi connectivity index (χ0v) is 38.3. The van der Waals surface area contributed by atoms with Gasteiger partial charge in [-0.05, 0) is 55.7 Å². The van der Waals surface area contributed by atoms with Crippen LogP contribution in [0.2, 0.25) is 10.0 Å². The second-order valence-electron chi connectivity index (χ2n) is 15.8. The van der Waals surface area contributed by atoms with Crippen molar-refractivity contribution in [2.45, 2.75) is 84.5 Å². The maximum Gasteiger partial charge on any atom is 0.442 e. The predicted molar refractivity (Wildman–Crippen MR) is 230 cm³/mol. The van der Waals surface area contributed by atoms with Crippen molar-refractivity contribution in [2.24, 2.45) is 0 Å². The molecule has 21 heteroatoms. The SMILES string of the molecule is CC(C)Oc1cc(-n2nc(C(C)(C)C)oc2=O)c(Cl)cc1Cl.CON(C)C(=O)Nc1ccc(Oc2ccc3c(c2)OC(C)(OC)CC3(C)C)cc1.O=C(O)CNCP(=O)(O)O. The molecular weight excluding hydrogens is 860 g/mol. The van der Waals surface area contributed by atoms with E-state index < -0.39 is 37.9 Å². The summed E-state index contributed by atoms with van der Waals surface area (Å²) in [4.78, 5) is 54.9. The van der Waals surface area contributed by atoms with Crippen molar-refractivity contribution in [1.82, 2.24) is 20.2 Å².